The Labute approximate surface area is 125 Å². The first-order chi connectivity index (χ1) is 9.41. The number of rotatable bonds is 2. The second kappa shape index (κ2) is 4.87. The van der Waals surface area contributed by atoms with Gasteiger partial charge in [0, 0.05) is 25.9 Å². The largest absolute Gasteiger partial charge is 0.441 e. The van der Waals surface area contributed by atoms with Crippen molar-refractivity contribution in [2.75, 3.05) is 19.6 Å². The lowest BCUT2D eigenvalue weighted by molar-refractivity contribution is 0.0173. The van der Waals surface area contributed by atoms with E-state index in [-0.39, 0.29) is 4.21 Å². The zero-order valence-corrected chi connectivity index (χ0v) is 12.9. The van der Waals surface area contributed by atoms with Gasteiger partial charge in [-0.25, -0.2) is 13.2 Å². The van der Waals surface area contributed by atoms with Crippen molar-refractivity contribution in [2.24, 2.45) is 0 Å². The molecule has 0 saturated carbocycles. The molecule has 3 heterocycles. The number of nitrogens with one attached hydrogen (secondary N) is 1. The first kappa shape index (κ1) is 14.1. The number of thiophene rings is 1. The lowest BCUT2D eigenvalue weighted by atomic mass is 9.93. The van der Waals surface area contributed by atoms with Crippen LogP contribution in [0.4, 0.5) is 4.79 Å². The van der Waals surface area contributed by atoms with Crippen molar-refractivity contribution in [3.05, 3.63) is 16.5 Å². The average molecular weight is 337 g/mol. The molecule has 2 fully saturated rings. The summed E-state index contributed by atoms with van der Waals surface area (Å²) in [4.78, 5) is 11.1. The fourth-order valence-electron chi connectivity index (χ4n) is 2.48. The standard InChI is InChI=1S/C11H13ClN2O4S2/c12-8-1-2-9(19-8)20(16,17)14-5-3-11(4-6-14)7-13-10(15)18-11/h1-2H,3-7H2,(H,13,15). The van der Waals surface area contributed by atoms with Gasteiger partial charge in [0.05, 0.1) is 10.9 Å². The van der Waals surface area contributed by atoms with E-state index in [0.717, 1.165) is 11.3 Å². The Bertz CT molecular complexity index is 635. The molecule has 1 spiro atoms. The van der Waals surface area contributed by atoms with Gasteiger partial charge in [0.2, 0.25) is 0 Å². The minimum atomic E-state index is -3.49. The highest BCUT2D eigenvalue weighted by Crippen LogP contribution is 2.34. The van der Waals surface area contributed by atoms with E-state index in [1.165, 1.54) is 10.4 Å². The van der Waals surface area contributed by atoms with Gasteiger partial charge in [-0.3, -0.25) is 0 Å². The topological polar surface area (TPSA) is 75.7 Å². The number of piperidine rings is 1. The minimum absolute atomic E-state index is 0.250. The van der Waals surface area contributed by atoms with Crippen LogP contribution in [0.1, 0.15) is 12.8 Å². The van der Waals surface area contributed by atoms with Gasteiger partial charge in [-0.2, -0.15) is 4.31 Å². The second-order valence-corrected chi connectivity index (χ2v) is 8.77. The Kier molecular flexibility index (Phi) is 3.44. The number of ether oxygens (including phenoxy) is 1. The third kappa shape index (κ3) is 2.41. The van der Waals surface area contributed by atoms with Gasteiger partial charge in [-0.05, 0) is 12.1 Å². The van der Waals surface area contributed by atoms with E-state index in [0.29, 0.717) is 36.8 Å². The first-order valence-corrected chi connectivity index (χ1v) is 8.77. The monoisotopic (exact) mass is 336 g/mol. The number of nitrogens with zero attached hydrogens (tertiary/aromatic N) is 1. The first-order valence-electron chi connectivity index (χ1n) is 6.14. The summed E-state index contributed by atoms with van der Waals surface area (Å²) in [5.74, 6) is 0. The Morgan fingerprint density at radius 2 is 2.05 bits per heavy atom. The van der Waals surface area contributed by atoms with Crippen LogP contribution < -0.4 is 5.32 Å². The molecule has 3 rings (SSSR count). The molecule has 9 heteroatoms. The molecule has 0 atom stereocenters. The van der Waals surface area contributed by atoms with Gasteiger partial charge in [0.1, 0.15) is 9.81 Å². The molecule has 1 aromatic heterocycles. The second-order valence-electron chi connectivity index (χ2n) is 4.89. The summed E-state index contributed by atoms with van der Waals surface area (Å²) >= 11 is 6.84. The highest BCUT2D eigenvalue weighted by Gasteiger charge is 2.45. The van der Waals surface area contributed by atoms with E-state index in [2.05, 4.69) is 5.32 Å². The van der Waals surface area contributed by atoms with Crippen LogP contribution >= 0.6 is 22.9 Å². The summed E-state index contributed by atoms with van der Waals surface area (Å²) in [5, 5.41) is 2.62. The van der Waals surface area contributed by atoms with Crippen molar-refractivity contribution in [2.45, 2.75) is 22.7 Å². The summed E-state index contributed by atoms with van der Waals surface area (Å²) in [6, 6.07) is 3.09. The van der Waals surface area contributed by atoms with Crippen LogP contribution in [0, 0.1) is 0 Å². The smallest absolute Gasteiger partial charge is 0.407 e. The normalized spacial score (nSPS) is 22.8. The van der Waals surface area contributed by atoms with E-state index >= 15 is 0 Å². The maximum absolute atomic E-state index is 12.4. The van der Waals surface area contributed by atoms with Gasteiger partial charge in [-0.1, -0.05) is 11.6 Å². The van der Waals surface area contributed by atoms with Gasteiger partial charge >= 0.3 is 6.09 Å². The number of carbonyl (C=O) groups is 1. The van der Waals surface area contributed by atoms with Crippen LogP contribution in [-0.4, -0.2) is 44.1 Å². The third-order valence-electron chi connectivity index (χ3n) is 3.64. The number of carbonyl (C=O) groups excluding carboxylic acids is 1. The molecule has 1 N–H and O–H groups in total. The molecule has 1 aromatic rings. The third-order valence-corrected chi connectivity index (χ3v) is 7.24. The fourth-order valence-corrected chi connectivity index (χ4v) is 5.56. The molecule has 6 nitrogen and oxygen atoms in total. The fraction of sp³-hybridized carbons (Fsp3) is 0.545. The molecule has 2 saturated heterocycles. The van der Waals surface area contributed by atoms with Crippen molar-refractivity contribution < 1.29 is 17.9 Å². The molecule has 0 aromatic carbocycles. The van der Waals surface area contributed by atoms with Crippen LogP contribution in [0.2, 0.25) is 4.34 Å². The number of hydrogen-bond donors (Lipinski definition) is 1. The number of halogens is 1. The molecule has 0 aliphatic carbocycles. The molecule has 0 unspecified atom stereocenters. The van der Waals surface area contributed by atoms with Crippen LogP contribution in [0.25, 0.3) is 0 Å². The Balaban J connectivity index is 1.73. The minimum Gasteiger partial charge on any atom is -0.441 e. The predicted molar refractivity (Wildman–Crippen MR) is 74.5 cm³/mol. The average Bonchev–Trinajstić information content (AvgIpc) is 2.98. The van der Waals surface area contributed by atoms with Gasteiger partial charge in [0.15, 0.2) is 0 Å². The van der Waals surface area contributed by atoms with Crippen LogP contribution in [0.3, 0.4) is 0 Å². The highest BCUT2D eigenvalue weighted by atomic mass is 35.5. The summed E-state index contributed by atoms with van der Waals surface area (Å²) in [6.07, 6.45) is 0.583. The summed E-state index contributed by atoms with van der Waals surface area (Å²) in [7, 11) is -3.49. The van der Waals surface area contributed by atoms with E-state index < -0.39 is 21.7 Å². The van der Waals surface area contributed by atoms with Gasteiger partial charge in [0.25, 0.3) is 10.0 Å². The lowest BCUT2D eigenvalue weighted by Crippen LogP contribution is -2.48. The number of sulfonamides is 1. The van der Waals surface area contributed by atoms with Crippen LogP contribution in [-0.2, 0) is 14.8 Å². The Morgan fingerprint density at radius 1 is 1.35 bits per heavy atom. The molecule has 110 valence electrons. The van der Waals surface area contributed by atoms with Crippen molar-refractivity contribution in [3.63, 3.8) is 0 Å². The molecule has 2 aliphatic heterocycles. The lowest BCUT2D eigenvalue weighted by Gasteiger charge is -2.36. The summed E-state index contributed by atoms with van der Waals surface area (Å²) in [5.41, 5.74) is -0.545. The zero-order chi connectivity index (χ0) is 14.4. The van der Waals surface area contributed by atoms with Gasteiger partial charge < -0.3 is 10.1 Å². The zero-order valence-electron chi connectivity index (χ0n) is 10.5. The van der Waals surface area contributed by atoms with E-state index in [1.807, 2.05) is 0 Å². The number of alkyl carbamates (subject to hydrolysis) is 1. The molecule has 20 heavy (non-hydrogen) atoms. The van der Waals surface area contributed by atoms with Crippen molar-refractivity contribution in [3.8, 4) is 0 Å². The molecule has 2 aliphatic rings. The van der Waals surface area contributed by atoms with Crippen molar-refractivity contribution >= 4 is 39.1 Å². The predicted octanol–water partition coefficient (Wildman–Crippen LogP) is 1.66. The quantitative estimate of drug-likeness (QED) is 0.891. The molecule has 0 bridgehead atoms. The maximum atomic E-state index is 12.4. The van der Waals surface area contributed by atoms with E-state index in [1.54, 1.807) is 6.07 Å². The van der Waals surface area contributed by atoms with Crippen LogP contribution in [0.5, 0.6) is 0 Å². The molecular formula is C11H13ClN2O4S2. The Hall–Kier alpha value is -0.830. The van der Waals surface area contributed by atoms with Crippen molar-refractivity contribution in [1.82, 2.24) is 9.62 Å². The van der Waals surface area contributed by atoms with E-state index in [9.17, 15) is 13.2 Å². The van der Waals surface area contributed by atoms with Gasteiger partial charge in [-0.15, -0.1) is 11.3 Å². The number of hydrogen-bond acceptors (Lipinski definition) is 5. The molecule has 0 radical (unpaired) electrons. The summed E-state index contributed by atoms with van der Waals surface area (Å²) < 4.78 is 32.2. The molecular weight excluding hydrogens is 324 g/mol. The van der Waals surface area contributed by atoms with Crippen LogP contribution in [0.15, 0.2) is 16.3 Å². The molecule has 1 amide bonds. The van der Waals surface area contributed by atoms with E-state index in [4.69, 9.17) is 16.3 Å². The number of amides is 1. The maximum Gasteiger partial charge on any atom is 0.407 e. The Morgan fingerprint density at radius 3 is 2.55 bits per heavy atom. The highest BCUT2D eigenvalue weighted by molar-refractivity contribution is 7.91. The summed E-state index contributed by atoms with van der Waals surface area (Å²) in [6.45, 7) is 1.13. The SMILES string of the molecule is O=C1NCC2(CCN(S(=O)(=O)c3ccc(Cl)s3)CC2)O1. The van der Waals surface area contributed by atoms with Crippen molar-refractivity contribution in [1.29, 1.82) is 0 Å².